The molecule has 0 spiro atoms. The van der Waals surface area contributed by atoms with E-state index in [-0.39, 0.29) is 12.5 Å². The summed E-state index contributed by atoms with van der Waals surface area (Å²) in [7, 11) is 0. The molecule has 1 aromatic rings. The predicted molar refractivity (Wildman–Crippen MR) is 63.0 cm³/mol. The van der Waals surface area contributed by atoms with E-state index in [0.717, 1.165) is 5.56 Å². The molecule has 4 N–H and O–H groups in total. The zero-order valence-electron chi connectivity index (χ0n) is 9.66. The summed E-state index contributed by atoms with van der Waals surface area (Å²) in [6.45, 7) is 3.98. The van der Waals surface area contributed by atoms with Gasteiger partial charge in [0, 0.05) is 18.7 Å². The Hall–Kier alpha value is -1.39. The van der Waals surface area contributed by atoms with E-state index in [1.54, 1.807) is 26.0 Å². The quantitative estimate of drug-likeness (QED) is 0.700. The number of carbonyl (C=O) groups excluding carboxylic acids is 1. The van der Waals surface area contributed by atoms with Gasteiger partial charge in [0.1, 0.15) is 0 Å². The minimum atomic E-state index is -0.896. The van der Waals surface area contributed by atoms with Crippen LogP contribution in [0.3, 0.4) is 0 Å². The van der Waals surface area contributed by atoms with Crippen LogP contribution in [-0.2, 0) is 6.54 Å². The summed E-state index contributed by atoms with van der Waals surface area (Å²) >= 11 is 0. The Morgan fingerprint density at radius 2 is 1.94 bits per heavy atom. The Bertz CT molecular complexity index is 352. The summed E-state index contributed by atoms with van der Waals surface area (Å²) in [4.78, 5) is 11.6. The molecule has 0 unspecified atom stereocenters. The summed E-state index contributed by atoms with van der Waals surface area (Å²) in [6.07, 6.45) is 0. The van der Waals surface area contributed by atoms with Crippen molar-refractivity contribution in [2.75, 3.05) is 6.54 Å². The van der Waals surface area contributed by atoms with Crippen LogP contribution in [0.1, 0.15) is 29.8 Å². The Labute approximate surface area is 95.5 Å². The van der Waals surface area contributed by atoms with Crippen molar-refractivity contribution in [2.24, 2.45) is 5.73 Å². The SMILES string of the molecule is CC(C)(O)CNC(=O)c1ccc(CN)cc1. The molecule has 1 rings (SSSR count). The number of hydrogen-bond acceptors (Lipinski definition) is 3. The Balaban J connectivity index is 2.59. The zero-order valence-corrected chi connectivity index (χ0v) is 9.66. The van der Waals surface area contributed by atoms with Crippen molar-refractivity contribution in [1.82, 2.24) is 5.32 Å². The molecule has 4 nitrogen and oxygen atoms in total. The summed E-state index contributed by atoms with van der Waals surface area (Å²) < 4.78 is 0. The predicted octanol–water partition coefficient (Wildman–Crippen LogP) is 0.646. The standard InChI is InChI=1S/C12H18N2O2/c1-12(2,16)8-14-11(15)10-5-3-9(7-13)4-6-10/h3-6,16H,7-8,13H2,1-2H3,(H,14,15). The number of hydrogen-bond donors (Lipinski definition) is 3. The molecule has 88 valence electrons. The van der Waals surface area contributed by atoms with Crippen LogP contribution in [0.15, 0.2) is 24.3 Å². The van der Waals surface area contributed by atoms with Crippen molar-refractivity contribution < 1.29 is 9.90 Å². The third-order valence-corrected chi connectivity index (χ3v) is 2.13. The van der Waals surface area contributed by atoms with Gasteiger partial charge in [-0.1, -0.05) is 12.1 Å². The van der Waals surface area contributed by atoms with Crippen molar-refractivity contribution in [2.45, 2.75) is 26.0 Å². The highest BCUT2D eigenvalue weighted by Crippen LogP contribution is 2.04. The van der Waals surface area contributed by atoms with Gasteiger partial charge in [-0.15, -0.1) is 0 Å². The van der Waals surface area contributed by atoms with Gasteiger partial charge >= 0.3 is 0 Å². The van der Waals surface area contributed by atoms with Crippen LogP contribution in [0.5, 0.6) is 0 Å². The first-order valence-electron chi connectivity index (χ1n) is 5.22. The van der Waals surface area contributed by atoms with Gasteiger partial charge in [0.05, 0.1) is 5.60 Å². The van der Waals surface area contributed by atoms with E-state index in [1.165, 1.54) is 0 Å². The molecule has 0 fully saturated rings. The minimum absolute atomic E-state index is 0.189. The van der Waals surface area contributed by atoms with Crippen LogP contribution in [0.4, 0.5) is 0 Å². The molecule has 16 heavy (non-hydrogen) atoms. The summed E-state index contributed by atoms with van der Waals surface area (Å²) in [5.41, 5.74) is 6.12. The normalized spacial score (nSPS) is 11.2. The minimum Gasteiger partial charge on any atom is -0.389 e. The lowest BCUT2D eigenvalue weighted by molar-refractivity contribution is 0.0694. The Morgan fingerprint density at radius 3 is 2.38 bits per heavy atom. The number of aliphatic hydroxyl groups is 1. The van der Waals surface area contributed by atoms with Crippen molar-refractivity contribution in [1.29, 1.82) is 0 Å². The third kappa shape index (κ3) is 4.00. The second-order valence-corrected chi connectivity index (χ2v) is 4.40. The first-order valence-corrected chi connectivity index (χ1v) is 5.22. The molecule has 0 heterocycles. The fourth-order valence-electron chi connectivity index (χ4n) is 1.19. The smallest absolute Gasteiger partial charge is 0.251 e. The van der Waals surface area contributed by atoms with E-state index < -0.39 is 5.60 Å². The molecule has 0 aromatic heterocycles. The fraction of sp³-hybridized carbons (Fsp3) is 0.417. The average molecular weight is 222 g/mol. The Kier molecular flexibility index (Phi) is 4.04. The summed E-state index contributed by atoms with van der Waals surface area (Å²) in [6, 6.07) is 7.09. The molecule has 4 heteroatoms. The third-order valence-electron chi connectivity index (χ3n) is 2.13. The van der Waals surface area contributed by atoms with Gasteiger partial charge < -0.3 is 16.2 Å². The lowest BCUT2D eigenvalue weighted by Gasteiger charge is -2.17. The van der Waals surface area contributed by atoms with Crippen LogP contribution in [0.2, 0.25) is 0 Å². The first-order chi connectivity index (χ1) is 7.42. The van der Waals surface area contributed by atoms with Gasteiger partial charge in [-0.3, -0.25) is 4.79 Å². The molecular formula is C12H18N2O2. The van der Waals surface area contributed by atoms with E-state index in [4.69, 9.17) is 5.73 Å². The van der Waals surface area contributed by atoms with Gasteiger partial charge in [-0.25, -0.2) is 0 Å². The zero-order chi connectivity index (χ0) is 12.2. The van der Waals surface area contributed by atoms with Crippen molar-refractivity contribution in [3.8, 4) is 0 Å². The Morgan fingerprint density at radius 1 is 1.38 bits per heavy atom. The number of nitrogens with one attached hydrogen (secondary N) is 1. The van der Waals surface area contributed by atoms with Crippen molar-refractivity contribution in [3.05, 3.63) is 35.4 Å². The van der Waals surface area contributed by atoms with Gasteiger partial charge in [0.15, 0.2) is 0 Å². The highest BCUT2D eigenvalue weighted by Gasteiger charge is 2.14. The number of carbonyl (C=O) groups is 1. The van der Waals surface area contributed by atoms with Gasteiger partial charge in [0.25, 0.3) is 5.91 Å². The highest BCUT2D eigenvalue weighted by molar-refractivity contribution is 5.94. The fourth-order valence-corrected chi connectivity index (χ4v) is 1.19. The summed E-state index contributed by atoms with van der Waals surface area (Å²) in [5.74, 6) is -0.189. The van der Waals surface area contributed by atoms with Crippen molar-refractivity contribution in [3.63, 3.8) is 0 Å². The van der Waals surface area contributed by atoms with E-state index in [1.807, 2.05) is 12.1 Å². The van der Waals surface area contributed by atoms with Crippen LogP contribution in [-0.4, -0.2) is 23.2 Å². The first kappa shape index (κ1) is 12.7. The van der Waals surface area contributed by atoms with Gasteiger partial charge in [-0.05, 0) is 31.5 Å². The second-order valence-electron chi connectivity index (χ2n) is 4.40. The number of rotatable bonds is 4. The molecule has 1 aromatic carbocycles. The van der Waals surface area contributed by atoms with Crippen LogP contribution >= 0.6 is 0 Å². The number of nitrogens with two attached hydrogens (primary N) is 1. The molecule has 0 bridgehead atoms. The second kappa shape index (κ2) is 5.09. The molecule has 0 saturated heterocycles. The lowest BCUT2D eigenvalue weighted by atomic mass is 10.1. The lowest BCUT2D eigenvalue weighted by Crippen LogP contribution is -2.38. The number of amides is 1. The molecular weight excluding hydrogens is 204 g/mol. The van der Waals surface area contributed by atoms with Gasteiger partial charge in [-0.2, -0.15) is 0 Å². The maximum absolute atomic E-state index is 11.6. The van der Waals surface area contributed by atoms with E-state index >= 15 is 0 Å². The maximum atomic E-state index is 11.6. The maximum Gasteiger partial charge on any atom is 0.251 e. The highest BCUT2D eigenvalue weighted by atomic mass is 16.3. The average Bonchev–Trinajstić information content (AvgIpc) is 2.25. The molecule has 1 amide bonds. The largest absolute Gasteiger partial charge is 0.389 e. The molecule has 0 aliphatic rings. The number of benzene rings is 1. The van der Waals surface area contributed by atoms with Crippen LogP contribution in [0.25, 0.3) is 0 Å². The van der Waals surface area contributed by atoms with Crippen LogP contribution < -0.4 is 11.1 Å². The molecule has 0 aliphatic carbocycles. The van der Waals surface area contributed by atoms with E-state index in [9.17, 15) is 9.90 Å². The van der Waals surface area contributed by atoms with E-state index in [2.05, 4.69) is 5.32 Å². The van der Waals surface area contributed by atoms with Crippen molar-refractivity contribution >= 4 is 5.91 Å². The molecule has 0 aliphatic heterocycles. The molecule has 0 atom stereocenters. The van der Waals surface area contributed by atoms with Gasteiger partial charge in [0.2, 0.25) is 0 Å². The monoisotopic (exact) mass is 222 g/mol. The van der Waals surface area contributed by atoms with E-state index in [0.29, 0.717) is 12.1 Å². The topological polar surface area (TPSA) is 75.3 Å². The van der Waals surface area contributed by atoms with Crippen LogP contribution in [0, 0.1) is 0 Å². The molecule has 0 saturated carbocycles. The summed E-state index contributed by atoms with van der Waals surface area (Å²) in [5, 5.41) is 12.1. The molecule has 0 radical (unpaired) electrons.